The van der Waals surface area contributed by atoms with Gasteiger partial charge in [-0.2, -0.15) is 5.10 Å². The van der Waals surface area contributed by atoms with Crippen LogP contribution in [0.4, 0.5) is 0 Å². The van der Waals surface area contributed by atoms with Crippen molar-refractivity contribution >= 4 is 0 Å². The van der Waals surface area contributed by atoms with E-state index in [1.165, 1.54) is 31.6 Å². The average molecular weight is 192 g/mol. The molecule has 4 nitrogen and oxygen atoms in total. The van der Waals surface area contributed by atoms with E-state index in [-0.39, 0.29) is 0 Å². The summed E-state index contributed by atoms with van der Waals surface area (Å²) < 4.78 is 2.08. The van der Waals surface area contributed by atoms with Crippen molar-refractivity contribution < 1.29 is 0 Å². The van der Waals surface area contributed by atoms with Crippen LogP contribution in [0.2, 0.25) is 0 Å². The lowest BCUT2D eigenvalue weighted by atomic mass is 9.85. The molecule has 0 spiro atoms. The number of likely N-dealkylation sites (N-methyl/N-ethyl adjacent to an activating group) is 1. The van der Waals surface area contributed by atoms with Crippen molar-refractivity contribution in [1.82, 2.24) is 19.7 Å². The number of nitrogens with zero attached hydrogens (tertiary/aromatic N) is 4. The average Bonchev–Trinajstić information content (AvgIpc) is 2.66. The summed E-state index contributed by atoms with van der Waals surface area (Å²) >= 11 is 0. The molecule has 0 amide bonds. The molecule has 0 bridgehead atoms. The molecule has 3 rings (SSSR count). The second-order valence-electron chi connectivity index (χ2n) is 4.43. The van der Waals surface area contributed by atoms with Gasteiger partial charge >= 0.3 is 0 Å². The third-order valence-electron chi connectivity index (χ3n) is 3.67. The Morgan fingerprint density at radius 3 is 3.21 bits per heavy atom. The van der Waals surface area contributed by atoms with Gasteiger partial charge < -0.3 is 4.90 Å². The third-order valence-corrected chi connectivity index (χ3v) is 3.67. The molecule has 0 aromatic carbocycles. The Balaban J connectivity index is 1.96. The van der Waals surface area contributed by atoms with E-state index in [1.54, 1.807) is 6.33 Å². The first-order chi connectivity index (χ1) is 6.86. The lowest BCUT2D eigenvalue weighted by molar-refractivity contribution is 0.122. The van der Waals surface area contributed by atoms with Crippen LogP contribution in [-0.4, -0.2) is 39.3 Å². The molecule has 3 heterocycles. The summed E-state index contributed by atoms with van der Waals surface area (Å²) in [6.07, 6.45) is 5.52. The van der Waals surface area contributed by atoms with Crippen LogP contribution < -0.4 is 0 Å². The van der Waals surface area contributed by atoms with Crippen LogP contribution in [0.3, 0.4) is 0 Å². The number of hydrogen-bond acceptors (Lipinski definition) is 3. The van der Waals surface area contributed by atoms with Gasteiger partial charge in [-0.15, -0.1) is 0 Å². The van der Waals surface area contributed by atoms with Gasteiger partial charge in [0.25, 0.3) is 0 Å². The van der Waals surface area contributed by atoms with E-state index < -0.39 is 0 Å². The Bertz CT molecular complexity index is 333. The molecular weight excluding hydrogens is 176 g/mol. The highest BCUT2D eigenvalue weighted by atomic mass is 15.3. The summed E-state index contributed by atoms with van der Waals surface area (Å²) in [5.41, 5.74) is 0. The number of likely N-dealkylation sites (tertiary alicyclic amines) is 1. The Morgan fingerprint density at radius 1 is 1.36 bits per heavy atom. The smallest absolute Gasteiger partial charge is 0.138 e. The fourth-order valence-electron chi connectivity index (χ4n) is 2.94. The van der Waals surface area contributed by atoms with Gasteiger partial charge in [-0.1, -0.05) is 0 Å². The molecule has 1 saturated heterocycles. The second kappa shape index (κ2) is 3.05. The Labute approximate surface area is 83.9 Å². The number of hydrogen-bond donors (Lipinski definition) is 0. The van der Waals surface area contributed by atoms with Crippen LogP contribution in [0, 0.1) is 0 Å². The minimum atomic E-state index is 0.630. The van der Waals surface area contributed by atoms with Crippen molar-refractivity contribution in [2.75, 3.05) is 13.6 Å². The summed E-state index contributed by atoms with van der Waals surface area (Å²) in [6, 6.07) is 0.709. The monoisotopic (exact) mass is 192 g/mol. The van der Waals surface area contributed by atoms with Crippen molar-refractivity contribution in [3.63, 3.8) is 0 Å². The molecule has 2 aliphatic heterocycles. The van der Waals surface area contributed by atoms with Crippen LogP contribution in [0.25, 0.3) is 0 Å². The zero-order valence-electron chi connectivity index (χ0n) is 8.56. The lowest BCUT2D eigenvalue weighted by Crippen LogP contribution is -2.45. The zero-order chi connectivity index (χ0) is 9.54. The Hall–Kier alpha value is -0.900. The molecule has 0 radical (unpaired) electrons. The molecule has 0 aliphatic carbocycles. The number of aromatic nitrogens is 3. The quantitative estimate of drug-likeness (QED) is 0.611. The molecule has 0 saturated carbocycles. The SMILES string of the molecule is CN1CCCC2c3ncnn3CCC21. The van der Waals surface area contributed by atoms with Crippen molar-refractivity contribution in [3.05, 3.63) is 12.2 Å². The van der Waals surface area contributed by atoms with Gasteiger partial charge in [-0.05, 0) is 32.9 Å². The number of fused-ring (bicyclic) bond motifs is 3. The van der Waals surface area contributed by atoms with Gasteiger partial charge in [0.2, 0.25) is 0 Å². The van der Waals surface area contributed by atoms with E-state index in [4.69, 9.17) is 0 Å². The van der Waals surface area contributed by atoms with E-state index in [0.29, 0.717) is 12.0 Å². The first-order valence-electron chi connectivity index (χ1n) is 5.44. The van der Waals surface area contributed by atoms with Crippen molar-refractivity contribution in [3.8, 4) is 0 Å². The number of aryl methyl sites for hydroxylation is 1. The Kier molecular flexibility index (Phi) is 1.83. The minimum absolute atomic E-state index is 0.630. The van der Waals surface area contributed by atoms with Crippen LogP contribution in [0.5, 0.6) is 0 Å². The van der Waals surface area contributed by atoms with Gasteiger partial charge in [-0.25, -0.2) is 9.67 Å². The normalized spacial score (nSPS) is 32.4. The van der Waals surface area contributed by atoms with E-state index >= 15 is 0 Å². The molecule has 1 aromatic rings. The second-order valence-corrected chi connectivity index (χ2v) is 4.43. The fraction of sp³-hybridized carbons (Fsp3) is 0.800. The predicted octanol–water partition coefficient (Wildman–Crippen LogP) is 0.860. The number of piperidine rings is 1. The molecule has 4 heteroatoms. The third kappa shape index (κ3) is 1.10. The predicted molar refractivity (Wildman–Crippen MR) is 53.0 cm³/mol. The molecule has 2 aliphatic rings. The molecule has 2 atom stereocenters. The van der Waals surface area contributed by atoms with Gasteiger partial charge in [0.15, 0.2) is 0 Å². The standard InChI is InChI=1S/C10H16N4/c1-13-5-2-3-8-9(13)4-6-14-10(8)11-7-12-14/h7-9H,2-6H2,1H3. The van der Waals surface area contributed by atoms with Crippen LogP contribution in [0.1, 0.15) is 31.0 Å². The minimum Gasteiger partial charge on any atom is -0.303 e. The van der Waals surface area contributed by atoms with Crippen LogP contribution >= 0.6 is 0 Å². The van der Waals surface area contributed by atoms with E-state index in [0.717, 1.165) is 6.54 Å². The summed E-state index contributed by atoms with van der Waals surface area (Å²) in [7, 11) is 2.24. The topological polar surface area (TPSA) is 34.0 Å². The molecule has 14 heavy (non-hydrogen) atoms. The maximum atomic E-state index is 4.40. The van der Waals surface area contributed by atoms with E-state index in [9.17, 15) is 0 Å². The fourth-order valence-corrected chi connectivity index (χ4v) is 2.94. The first-order valence-corrected chi connectivity index (χ1v) is 5.44. The summed E-state index contributed by atoms with van der Waals surface area (Å²) in [5.74, 6) is 1.85. The highest BCUT2D eigenvalue weighted by Crippen LogP contribution is 2.35. The van der Waals surface area contributed by atoms with Crippen LogP contribution in [0.15, 0.2) is 6.33 Å². The maximum Gasteiger partial charge on any atom is 0.138 e. The summed E-state index contributed by atoms with van der Waals surface area (Å²) in [5, 5.41) is 4.26. The van der Waals surface area contributed by atoms with Crippen LogP contribution in [-0.2, 0) is 6.54 Å². The van der Waals surface area contributed by atoms with E-state index in [2.05, 4.69) is 26.7 Å². The van der Waals surface area contributed by atoms with Crippen molar-refractivity contribution in [2.45, 2.75) is 37.8 Å². The van der Waals surface area contributed by atoms with Crippen molar-refractivity contribution in [2.24, 2.45) is 0 Å². The molecule has 1 fully saturated rings. The van der Waals surface area contributed by atoms with Gasteiger partial charge in [0.05, 0.1) is 0 Å². The molecule has 0 N–H and O–H groups in total. The summed E-state index contributed by atoms with van der Waals surface area (Å²) in [4.78, 5) is 6.89. The highest BCUT2D eigenvalue weighted by Gasteiger charge is 2.36. The molecule has 2 unspecified atom stereocenters. The maximum absolute atomic E-state index is 4.40. The number of rotatable bonds is 0. The Morgan fingerprint density at radius 2 is 2.29 bits per heavy atom. The molecule has 76 valence electrons. The van der Waals surface area contributed by atoms with Crippen molar-refractivity contribution in [1.29, 1.82) is 0 Å². The summed E-state index contributed by atoms with van der Waals surface area (Å²) in [6.45, 7) is 2.29. The molecule has 1 aromatic heterocycles. The van der Waals surface area contributed by atoms with Gasteiger partial charge in [-0.3, -0.25) is 0 Å². The largest absolute Gasteiger partial charge is 0.303 e. The first kappa shape index (κ1) is 8.41. The lowest BCUT2D eigenvalue weighted by Gasteiger charge is -2.41. The van der Waals surface area contributed by atoms with E-state index in [1.807, 2.05) is 0 Å². The highest BCUT2D eigenvalue weighted by molar-refractivity contribution is 5.06. The van der Waals surface area contributed by atoms with Gasteiger partial charge in [0.1, 0.15) is 12.2 Å². The zero-order valence-corrected chi connectivity index (χ0v) is 8.56. The van der Waals surface area contributed by atoms with Gasteiger partial charge in [0, 0.05) is 18.5 Å². The molecular formula is C10H16N4.